The van der Waals surface area contributed by atoms with E-state index in [1.165, 1.54) is 17.5 Å². The number of halogens is 1. The van der Waals surface area contributed by atoms with Crippen molar-refractivity contribution in [1.82, 2.24) is 4.31 Å². The Labute approximate surface area is 167 Å². The highest BCUT2D eigenvalue weighted by molar-refractivity contribution is 7.89. The van der Waals surface area contributed by atoms with Gasteiger partial charge in [0.15, 0.2) is 0 Å². The molecule has 1 saturated heterocycles. The summed E-state index contributed by atoms with van der Waals surface area (Å²) in [5.74, 6) is 0.0124. The van der Waals surface area contributed by atoms with Gasteiger partial charge in [-0.15, -0.1) is 12.4 Å². The van der Waals surface area contributed by atoms with Crippen molar-refractivity contribution in [3.8, 4) is 5.75 Å². The first kappa shape index (κ1) is 21.9. The van der Waals surface area contributed by atoms with Gasteiger partial charge in [0.25, 0.3) is 0 Å². The maximum atomic E-state index is 13.0. The highest BCUT2D eigenvalue weighted by Crippen LogP contribution is 2.32. The number of methoxy groups -OCH3 is 1. The molecule has 1 aromatic carbocycles. The van der Waals surface area contributed by atoms with Crippen LogP contribution in [0.5, 0.6) is 5.75 Å². The van der Waals surface area contributed by atoms with Crippen LogP contribution in [0.3, 0.4) is 0 Å². The van der Waals surface area contributed by atoms with E-state index >= 15 is 0 Å². The van der Waals surface area contributed by atoms with Gasteiger partial charge in [-0.3, -0.25) is 4.79 Å². The molecule has 1 aromatic rings. The van der Waals surface area contributed by atoms with E-state index in [9.17, 15) is 13.2 Å². The third kappa shape index (κ3) is 4.56. The van der Waals surface area contributed by atoms with Crippen molar-refractivity contribution in [2.75, 3.05) is 25.5 Å². The Morgan fingerprint density at radius 1 is 1.15 bits per heavy atom. The molecule has 3 rings (SSSR count). The number of nitrogens with one attached hydrogen (secondary N) is 1. The lowest BCUT2D eigenvalue weighted by atomic mass is 9.98. The van der Waals surface area contributed by atoms with Gasteiger partial charge in [-0.05, 0) is 43.9 Å². The highest BCUT2D eigenvalue weighted by Gasteiger charge is 2.37. The number of rotatable bonds is 5. The van der Waals surface area contributed by atoms with Gasteiger partial charge < -0.3 is 15.8 Å². The Hall–Kier alpha value is -1.35. The monoisotopic (exact) mass is 417 g/mol. The molecule has 0 spiro atoms. The second kappa shape index (κ2) is 8.77. The maximum absolute atomic E-state index is 13.0. The van der Waals surface area contributed by atoms with Gasteiger partial charge >= 0.3 is 0 Å². The van der Waals surface area contributed by atoms with Crippen molar-refractivity contribution >= 4 is 34.0 Å². The molecule has 3 N–H and O–H groups in total. The largest absolute Gasteiger partial charge is 0.495 e. The number of ether oxygens (including phenoxy) is 1. The van der Waals surface area contributed by atoms with Crippen molar-refractivity contribution < 1.29 is 17.9 Å². The zero-order valence-electron chi connectivity index (χ0n) is 15.6. The molecule has 1 aliphatic heterocycles. The zero-order valence-corrected chi connectivity index (χ0v) is 17.2. The van der Waals surface area contributed by atoms with Crippen LogP contribution in [0.4, 0.5) is 5.69 Å². The Balaban J connectivity index is 0.00000261. The third-order valence-electron chi connectivity index (χ3n) is 5.30. The summed E-state index contributed by atoms with van der Waals surface area (Å²) in [5.41, 5.74) is 5.73. The van der Waals surface area contributed by atoms with Crippen molar-refractivity contribution in [1.29, 1.82) is 0 Å². The van der Waals surface area contributed by atoms with Gasteiger partial charge in [0.2, 0.25) is 15.9 Å². The summed E-state index contributed by atoms with van der Waals surface area (Å²) in [4.78, 5) is 12.6. The number of nitrogens with zero attached hydrogens (tertiary/aromatic N) is 1. The molecule has 2 aliphatic rings. The number of nitrogens with two attached hydrogens (primary N) is 1. The van der Waals surface area contributed by atoms with Crippen LogP contribution in [-0.2, 0) is 14.8 Å². The zero-order chi connectivity index (χ0) is 18.8. The summed E-state index contributed by atoms with van der Waals surface area (Å²) in [7, 11) is -2.23. The first-order chi connectivity index (χ1) is 12.4. The summed E-state index contributed by atoms with van der Waals surface area (Å²) in [6.07, 6.45) is 5.91. The number of hydrogen-bond acceptors (Lipinski definition) is 5. The van der Waals surface area contributed by atoms with E-state index < -0.39 is 15.6 Å². The number of anilines is 1. The van der Waals surface area contributed by atoms with E-state index in [2.05, 4.69) is 5.32 Å². The van der Waals surface area contributed by atoms with E-state index in [-0.39, 0.29) is 29.0 Å². The van der Waals surface area contributed by atoms with E-state index in [1.807, 2.05) is 0 Å². The predicted molar refractivity (Wildman–Crippen MR) is 107 cm³/mol. The van der Waals surface area contributed by atoms with Crippen molar-refractivity contribution in [2.45, 2.75) is 55.4 Å². The number of piperidine rings is 1. The summed E-state index contributed by atoms with van der Waals surface area (Å²) in [5, 5.41) is 2.79. The molecule has 0 atom stereocenters. The average molecular weight is 418 g/mol. The normalized spacial score (nSPS) is 19.9. The highest BCUT2D eigenvalue weighted by atomic mass is 35.5. The summed E-state index contributed by atoms with van der Waals surface area (Å²) < 4.78 is 32.8. The van der Waals surface area contributed by atoms with Crippen LogP contribution < -0.4 is 15.8 Å². The average Bonchev–Trinajstić information content (AvgIpc) is 3.10. The minimum atomic E-state index is -3.67. The molecule has 152 valence electrons. The van der Waals surface area contributed by atoms with Crippen LogP contribution in [0.1, 0.15) is 44.9 Å². The fourth-order valence-corrected chi connectivity index (χ4v) is 5.39. The lowest BCUT2D eigenvalue weighted by Gasteiger charge is -2.27. The van der Waals surface area contributed by atoms with Crippen LogP contribution in [0.15, 0.2) is 23.1 Å². The smallest absolute Gasteiger partial charge is 0.246 e. The lowest BCUT2D eigenvalue weighted by molar-refractivity contribution is -0.121. The van der Waals surface area contributed by atoms with E-state index in [0.717, 1.165) is 32.1 Å². The molecule has 1 saturated carbocycles. The molecule has 0 unspecified atom stereocenters. The van der Waals surface area contributed by atoms with Crippen LogP contribution in [0, 0.1) is 0 Å². The Morgan fingerprint density at radius 2 is 1.78 bits per heavy atom. The molecule has 2 fully saturated rings. The van der Waals surface area contributed by atoms with Gasteiger partial charge in [0.05, 0.1) is 12.6 Å². The number of amides is 1. The first-order valence-electron chi connectivity index (χ1n) is 9.15. The molecular weight excluding hydrogens is 390 g/mol. The molecule has 7 nitrogen and oxygen atoms in total. The predicted octanol–water partition coefficient (Wildman–Crippen LogP) is 2.50. The number of hydrogen-bond donors (Lipinski definition) is 2. The molecule has 1 aliphatic carbocycles. The lowest BCUT2D eigenvalue weighted by Crippen LogP contribution is -2.48. The molecule has 0 bridgehead atoms. The SMILES string of the molecule is COc1ccc(NC(=O)C2(N)CCCC2)cc1S(=O)(=O)N1CCCCC1.Cl. The van der Waals surface area contributed by atoms with Crippen LogP contribution in [0.25, 0.3) is 0 Å². The van der Waals surface area contributed by atoms with Gasteiger partial charge in [0, 0.05) is 18.8 Å². The fourth-order valence-electron chi connectivity index (χ4n) is 3.69. The second-order valence-electron chi connectivity index (χ2n) is 7.15. The second-order valence-corrected chi connectivity index (χ2v) is 9.05. The molecule has 9 heteroatoms. The van der Waals surface area contributed by atoms with Crippen LogP contribution in [0.2, 0.25) is 0 Å². The first-order valence-corrected chi connectivity index (χ1v) is 10.6. The van der Waals surface area contributed by atoms with Crippen LogP contribution >= 0.6 is 12.4 Å². The molecule has 0 aromatic heterocycles. The standard InChI is InChI=1S/C18H27N3O4S.ClH/c1-25-15-8-7-14(20-17(22)18(19)9-3-4-10-18)13-16(15)26(23,24)21-11-5-2-6-12-21;/h7-8,13H,2-6,9-12,19H2,1H3,(H,20,22);1H. The van der Waals surface area contributed by atoms with Crippen LogP contribution in [-0.4, -0.2) is 44.4 Å². The summed E-state index contributed by atoms with van der Waals surface area (Å²) >= 11 is 0. The van der Waals surface area contributed by atoms with Crippen molar-refractivity contribution in [2.24, 2.45) is 5.73 Å². The topological polar surface area (TPSA) is 102 Å². The fraction of sp³-hybridized carbons (Fsp3) is 0.611. The quantitative estimate of drug-likeness (QED) is 0.766. The van der Waals surface area contributed by atoms with Crippen molar-refractivity contribution in [3.05, 3.63) is 18.2 Å². The molecular formula is C18H28ClN3O4S. The van der Waals surface area contributed by atoms with Crippen molar-refractivity contribution in [3.63, 3.8) is 0 Å². The molecule has 1 amide bonds. The van der Waals surface area contributed by atoms with Gasteiger partial charge in [0.1, 0.15) is 10.6 Å². The third-order valence-corrected chi connectivity index (χ3v) is 7.22. The molecule has 1 heterocycles. The van der Waals surface area contributed by atoms with E-state index in [4.69, 9.17) is 10.5 Å². The van der Waals surface area contributed by atoms with Gasteiger partial charge in [-0.2, -0.15) is 4.31 Å². The van der Waals surface area contributed by atoms with Gasteiger partial charge in [-0.25, -0.2) is 8.42 Å². The number of sulfonamides is 1. The van der Waals surface area contributed by atoms with E-state index in [1.54, 1.807) is 12.1 Å². The minimum Gasteiger partial charge on any atom is -0.495 e. The van der Waals surface area contributed by atoms with Gasteiger partial charge in [-0.1, -0.05) is 19.3 Å². The molecule has 0 radical (unpaired) electrons. The number of carbonyl (C=O) groups is 1. The maximum Gasteiger partial charge on any atom is 0.246 e. The summed E-state index contributed by atoms with van der Waals surface area (Å²) in [6, 6.07) is 4.69. The Morgan fingerprint density at radius 3 is 2.37 bits per heavy atom. The minimum absolute atomic E-state index is 0. The molecule has 27 heavy (non-hydrogen) atoms. The number of benzene rings is 1. The summed E-state index contributed by atoms with van der Waals surface area (Å²) in [6.45, 7) is 1.02. The van der Waals surface area contributed by atoms with E-state index in [0.29, 0.717) is 31.6 Å². The Kier molecular flexibility index (Phi) is 7.13. The number of carbonyl (C=O) groups excluding carboxylic acids is 1. The Bertz CT molecular complexity index is 773.